The van der Waals surface area contributed by atoms with E-state index in [1.807, 2.05) is 24.5 Å². The quantitative estimate of drug-likeness (QED) is 0.511. The van der Waals surface area contributed by atoms with Crippen molar-refractivity contribution in [3.05, 3.63) is 72.8 Å². The van der Waals surface area contributed by atoms with E-state index >= 15 is 0 Å². The van der Waals surface area contributed by atoms with Crippen LogP contribution in [0.5, 0.6) is 0 Å². The van der Waals surface area contributed by atoms with Gasteiger partial charge in [-0.25, -0.2) is 9.97 Å². The number of nitrogens with zero attached hydrogens (tertiary/aromatic N) is 4. The molecule has 4 heterocycles. The average molecular weight is 358 g/mol. The van der Waals surface area contributed by atoms with Crippen LogP contribution in [0, 0.1) is 0 Å². The predicted molar refractivity (Wildman–Crippen MR) is 106 cm³/mol. The van der Waals surface area contributed by atoms with Gasteiger partial charge in [-0.15, -0.1) is 11.3 Å². The minimum atomic E-state index is 0.335. The monoisotopic (exact) mass is 358 g/mol. The molecule has 1 atom stereocenters. The van der Waals surface area contributed by atoms with Gasteiger partial charge >= 0.3 is 0 Å². The standard InChI is InChI=1S/C21H18N4S/c1-2-6-15(7-3-1)19-12-17-20(23-14-24-21(17)26-19)25-11-5-9-18(25)16-8-4-10-22-13-16/h1-4,6-8,10,12-14,18H,5,9,11H2. The fourth-order valence-corrected chi connectivity index (χ4v) is 4.76. The topological polar surface area (TPSA) is 41.9 Å². The second-order valence-corrected chi connectivity index (χ2v) is 7.56. The van der Waals surface area contributed by atoms with Crippen LogP contribution in [0.25, 0.3) is 20.7 Å². The molecule has 1 aliphatic rings. The van der Waals surface area contributed by atoms with E-state index in [0.29, 0.717) is 6.04 Å². The summed E-state index contributed by atoms with van der Waals surface area (Å²) in [4.78, 5) is 18.2. The molecule has 0 N–H and O–H groups in total. The molecule has 1 unspecified atom stereocenters. The summed E-state index contributed by atoms with van der Waals surface area (Å²) >= 11 is 1.73. The van der Waals surface area contributed by atoms with Crippen LogP contribution < -0.4 is 4.90 Å². The molecule has 3 aromatic heterocycles. The zero-order chi connectivity index (χ0) is 17.3. The summed E-state index contributed by atoms with van der Waals surface area (Å²) in [6, 6.07) is 17.2. The summed E-state index contributed by atoms with van der Waals surface area (Å²) in [7, 11) is 0. The van der Waals surface area contributed by atoms with E-state index in [2.05, 4.69) is 56.3 Å². The van der Waals surface area contributed by atoms with Crippen LogP contribution in [0.4, 0.5) is 5.82 Å². The summed E-state index contributed by atoms with van der Waals surface area (Å²) in [5, 5.41) is 1.15. The third-order valence-electron chi connectivity index (χ3n) is 4.96. The van der Waals surface area contributed by atoms with E-state index in [1.54, 1.807) is 17.7 Å². The number of hydrogen-bond acceptors (Lipinski definition) is 5. The number of pyridine rings is 1. The molecule has 0 spiro atoms. The average Bonchev–Trinajstić information content (AvgIpc) is 3.36. The number of thiophene rings is 1. The predicted octanol–water partition coefficient (Wildman–Crippen LogP) is 5.09. The highest BCUT2D eigenvalue weighted by Gasteiger charge is 2.29. The van der Waals surface area contributed by atoms with Gasteiger partial charge in [0.2, 0.25) is 0 Å². The maximum Gasteiger partial charge on any atom is 0.141 e. The summed E-state index contributed by atoms with van der Waals surface area (Å²) < 4.78 is 0. The van der Waals surface area contributed by atoms with Crippen LogP contribution in [0.2, 0.25) is 0 Å². The van der Waals surface area contributed by atoms with E-state index in [0.717, 1.165) is 29.0 Å². The van der Waals surface area contributed by atoms with Gasteiger partial charge in [-0.2, -0.15) is 0 Å². The van der Waals surface area contributed by atoms with Crippen LogP contribution in [-0.4, -0.2) is 21.5 Å². The number of anilines is 1. The van der Waals surface area contributed by atoms with E-state index in [-0.39, 0.29) is 0 Å². The van der Waals surface area contributed by atoms with Crippen molar-refractivity contribution in [3.8, 4) is 10.4 Å². The van der Waals surface area contributed by atoms with Gasteiger partial charge in [-0.1, -0.05) is 36.4 Å². The molecule has 4 nitrogen and oxygen atoms in total. The molecule has 5 heteroatoms. The van der Waals surface area contributed by atoms with Crippen molar-refractivity contribution in [1.82, 2.24) is 15.0 Å². The fourth-order valence-electron chi connectivity index (χ4n) is 3.76. The Hall–Kier alpha value is -2.79. The highest BCUT2D eigenvalue weighted by atomic mass is 32.1. The minimum absolute atomic E-state index is 0.335. The van der Waals surface area contributed by atoms with Crippen molar-refractivity contribution in [2.24, 2.45) is 0 Å². The zero-order valence-electron chi connectivity index (χ0n) is 14.2. The lowest BCUT2D eigenvalue weighted by Gasteiger charge is -2.26. The van der Waals surface area contributed by atoms with E-state index in [4.69, 9.17) is 0 Å². The maximum atomic E-state index is 4.67. The third-order valence-corrected chi connectivity index (χ3v) is 6.05. The normalized spacial score (nSPS) is 17.1. The molecule has 1 aromatic carbocycles. The Balaban J connectivity index is 1.59. The Bertz CT molecular complexity index is 1030. The second kappa shape index (κ2) is 6.50. The number of rotatable bonds is 3. The van der Waals surface area contributed by atoms with Gasteiger partial charge in [0.15, 0.2) is 0 Å². The smallest absolute Gasteiger partial charge is 0.141 e. The summed E-state index contributed by atoms with van der Waals surface area (Å²) in [5.74, 6) is 1.04. The molecule has 1 fully saturated rings. The number of fused-ring (bicyclic) bond motifs is 1. The first-order valence-electron chi connectivity index (χ1n) is 8.87. The number of aromatic nitrogens is 3. The molecular formula is C21H18N4S. The second-order valence-electron chi connectivity index (χ2n) is 6.53. The first-order valence-corrected chi connectivity index (χ1v) is 9.68. The Morgan fingerprint density at radius 3 is 2.81 bits per heavy atom. The number of hydrogen-bond donors (Lipinski definition) is 0. The lowest BCUT2D eigenvalue weighted by molar-refractivity contribution is 0.710. The molecule has 128 valence electrons. The molecule has 4 aromatic rings. The van der Waals surface area contributed by atoms with Gasteiger partial charge in [0.05, 0.1) is 11.4 Å². The van der Waals surface area contributed by atoms with Crippen molar-refractivity contribution < 1.29 is 0 Å². The van der Waals surface area contributed by atoms with E-state index < -0.39 is 0 Å². The fraction of sp³-hybridized carbons (Fsp3) is 0.190. The Kier molecular flexibility index (Phi) is 3.87. The van der Waals surface area contributed by atoms with Crippen LogP contribution >= 0.6 is 11.3 Å². The maximum absolute atomic E-state index is 4.67. The van der Waals surface area contributed by atoms with Gasteiger partial charge in [-0.3, -0.25) is 4.98 Å². The van der Waals surface area contributed by atoms with Gasteiger partial charge in [0.25, 0.3) is 0 Å². The van der Waals surface area contributed by atoms with E-state index in [1.165, 1.54) is 22.4 Å². The number of benzene rings is 1. The molecule has 0 bridgehead atoms. The summed E-state index contributed by atoms with van der Waals surface area (Å²) in [6.45, 7) is 1.02. The lowest BCUT2D eigenvalue weighted by atomic mass is 10.1. The Morgan fingerprint density at radius 2 is 1.96 bits per heavy atom. The van der Waals surface area contributed by atoms with Gasteiger partial charge in [0.1, 0.15) is 17.0 Å². The lowest BCUT2D eigenvalue weighted by Crippen LogP contribution is -2.23. The highest BCUT2D eigenvalue weighted by molar-refractivity contribution is 7.21. The Morgan fingerprint density at radius 1 is 1.04 bits per heavy atom. The molecule has 0 saturated carbocycles. The van der Waals surface area contributed by atoms with Crippen molar-refractivity contribution >= 4 is 27.4 Å². The van der Waals surface area contributed by atoms with Crippen LogP contribution in [0.15, 0.2) is 67.3 Å². The molecule has 0 radical (unpaired) electrons. The van der Waals surface area contributed by atoms with Crippen molar-refractivity contribution in [2.45, 2.75) is 18.9 Å². The first-order chi connectivity index (χ1) is 12.9. The first kappa shape index (κ1) is 15.5. The highest BCUT2D eigenvalue weighted by Crippen LogP contribution is 2.41. The Labute approximate surface area is 156 Å². The summed E-state index contributed by atoms with van der Waals surface area (Å²) in [6.07, 6.45) is 7.80. The van der Waals surface area contributed by atoms with Crippen molar-refractivity contribution in [1.29, 1.82) is 0 Å². The molecule has 1 aliphatic heterocycles. The molecule has 26 heavy (non-hydrogen) atoms. The van der Waals surface area contributed by atoms with Gasteiger partial charge < -0.3 is 4.90 Å². The van der Waals surface area contributed by atoms with Gasteiger partial charge in [0, 0.05) is 23.8 Å². The van der Waals surface area contributed by atoms with Crippen LogP contribution in [0.3, 0.4) is 0 Å². The molecule has 5 rings (SSSR count). The summed E-state index contributed by atoms with van der Waals surface area (Å²) in [5.41, 5.74) is 2.49. The third kappa shape index (κ3) is 2.65. The zero-order valence-corrected chi connectivity index (χ0v) is 15.1. The van der Waals surface area contributed by atoms with Crippen molar-refractivity contribution in [3.63, 3.8) is 0 Å². The molecule has 1 saturated heterocycles. The van der Waals surface area contributed by atoms with Crippen molar-refractivity contribution in [2.75, 3.05) is 11.4 Å². The van der Waals surface area contributed by atoms with E-state index in [9.17, 15) is 0 Å². The molecule has 0 aliphatic carbocycles. The SMILES string of the molecule is c1ccc(-c2cc3c(N4CCCC4c4cccnc4)ncnc3s2)cc1. The largest absolute Gasteiger partial charge is 0.349 e. The van der Waals surface area contributed by atoms with Crippen LogP contribution in [-0.2, 0) is 0 Å². The van der Waals surface area contributed by atoms with Crippen LogP contribution in [0.1, 0.15) is 24.4 Å². The van der Waals surface area contributed by atoms with Gasteiger partial charge in [-0.05, 0) is 36.1 Å². The molecule has 0 amide bonds. The molecular weight excluding hydrogens is 340 g/mol. The minimum Gasteiger partial charge on any atom is -0.349 e.